The largest absolute Gasteiger partial charge is 0.490 e. The Morgan fingerprint density at radius 3 is 2.73 bits per heavy atom. The summed E-state index contributed by atoms with van der Waals surface area (Å²) in [5.41, 5.74) is 5.64. The highest BCUT2D eigenvalue weighted by molar-refractivity contribution is 6.01. The molecule has 2 aromatic rings. The Labute approximate surface area is 170 Å². The van der Waals surface area contributed by atoms with Crippen LogP contribution in [0.1, 0.15) is 37.0 Å². The molecule has 0 spiro atoms. The summed E-state index contributed by atoms with van der Waals surface area (Å²) in [5, 5.41) is 3.50. The second kappa shape index (κ2) is 8.37. The lowest BCUT2D eigenvalue weighted by atomic mass is 9.98. The highest BCUT2D eigenvalue weighted by atomic mass is 19.4. The van der Waals surface area contributed by atoms with E-state index in [0.717, 1.165) is 0 Å². The van der Waals surface area contributed by atoms with E-state index in [1.807, 2.05) is 0 Å². The number of carbonyl (C=O) groups excluding carboxylic acids is 2. The molecule has 162 valence electrons. The molecule has 3 rings (SSSR count). The molecule has 0 aliphatic carbocycles. The van der Waals surface area contributed by atoms with Gasteiger partial charge in [0.05, 0.1) is 24.2 Å². The monoisotopic (exact) mass is 425 g/mol. The number of pyridine rings is 1. The number of carbonyl (C=O) groups is 2. The number of primary amides is 1. The van der Waals surface area contributed by atoms with Crippen LogP contribution in [0.3, 0.4) is 0 Å². The molecule has 3 N–H and O–H groups in total. The smallest absolute Gasteiger partial charge is 0.394 e. The molecule has 7 nitrogen and oxygen atoms in total. The van der Waals surface area contributed by atoms with Gasteiger partial charge < -0.3 is 20.5 Å². The van der Waals surface area contributed by atoms with Gasteiger partial charge in [-0.05, 0) is 37.4 Å². The number of aromatic nitrogens is 1. The topological polar surface area (TPSA) is 104 Å². The zero-order chi connectivity index (χ0) is 22.1. The number of alkyl halides is 3. The SMILES string of the molecule is CC(C)Oc1cc2c(OCC[C@H]3NC(=O)C[C@@H]3C(F)(F)F)nccc2cc1C(N)=O. The minimum Gasteiger partial charge on any atom is -0.490 e. The van der Waals surface area contributed by atoms with Gasteiger partial charge in [0.15, 0.2) is 0 Å². The number of fused-ring (bicyclic) bond motifs is 1. The van der Waals surface area contributed by atoms with E-state index in [1.165, 1.54) is 6.20 Å². The molecule has 2 atom stereocenters. The second-order valence-electron chi connectivity index (χ2n) is 7.38. The zero-order valence-corrected chi connectivity index (χ0v) is 16.5. The summed E-state index contributed by atoms with van der Waals surface area (Å²) in [6.45, 7) is 3.51. The number of nitrogens with zero attached hydrogens (tertiary/aromatic N) is 1. The van der Waals surface area contributed by atoms with E-state index in [1.54, 1.807) is 32.0 Å². The third-order valence-corrected chi connectivity index (χ3v) is 4.78. The standard InChI is InChI=1S/C20H22F3N3O4/c1-10(2)30-16-8-12-11(7-13(16)18(24)28)3-5-25-19(12)29-6-4-15-14(20(21,22)23)9-17(27)26-15/h3,5,7-8,10,14-15H,4,6,9H2,1-2H3,(H2,24,28)(H,26,27)/t14-,15+/m0/s1. The summed E-state index contributed by atoms with van der Waals surface area (Å²) in [5.74, 6) is -2.56. The predicted molar refractivity (Wildman–Crippen MR) is 102 cm³/mol. The van der Waals surface area contributed by atoms with E-state index in [2.05, 4.69) is 10.3 Å². The number of halogens is 3. The van der Waals surface area contributed by atoms with Crippen molar-refractivity contribution in [3.63, 3.8) is 0 Å². The van der Waals surface area contributed by atoms with Gasteiger partial charge in [0.1, 0.15) is 5.75 Å². The third kappa shape index (κ3) is 4.74. The van der Waals surface area contributed by atoms with Crippen LogP contribution in [0, 0.1) is 5.92 Å². The van der Waals surface area contributed by atoms with Crippen LogP contribution >= 0.6 is 0 Å². The number of rotatable bonds is 7. The number of hydrogen-bond donors (Lipinski definition) is 2. The minimum atomic E-state index is -4.46. The first kappa shape index (κ1) is 21.7. The zero-order valence-electron chi connectivity index (χ0n) is 16.5. The molecular weight excluding hydrogens is 403 g/mol. The predicted octanol–water partition coefficient (Wildman–Crippen LogP) is 2.96. The number of nitrogens with two attached hydrogens (primary N) is 1. The summed E-state index contributed by atoms with van der Waals surface area (Å²) < 4.78 is 50.6. The first-order valence-electron chi connectivity index (χ1n) is 9.44. The van der Waals surface area contributed by atoms with Crippen molar-refractivity contribution in [3.05, 3.63) is 30.0 Å². The average molecular weight is 425 g/mol. The molecule has 30 heavy (non-hydrogen) atoms. The first-order chi connectivity index (χ1) is 14.1. The van der Waals surface area contributed by atoms with Gasteiger partial charge in [-0.25, -0.2) is 4.98 Å². The van der Waals surface area contributed by atoms with E-state index in [0.29, 0.717) is 10.8 Å². The fourth-order valence-electron chi connectivity index (χ4n) is 3.44. The molecule has 1 aromatic carbocycles. The number of hydrogen-bond acceptors (Lipinski definition) is 5. The molecule has 1 aromatic heterocycles. The third-order valence-electron chi connectivity index (χ3n) is 4.78. The van der Waals surface area contributed by atoms with E-state index in [-0.39, 0.29) is 36.3 Å². The van der Waals surface area contributed by atoms with Crippen LogP contribution in [0.4, 0.5) is 13.2 Å². The van der Waals surface area contributed by atoms with Crippen molar-refractivity contribution in [1.82, 2.24) is 10.3 Å². The summed E-state index contributed by atoms with van der Waals surface area (Å²) in [6.07, 6.45) is -3.82. The molecule has 1 saturated heterocycles. The number of ether oxygens (including phenoxy) is 2. The van der Waals surface area contributed by atoms with Gasteiger partial charge in [0, 0.05) is 30.5 Å². The van der Waals surface area contributed by atoms with Crippen LogP contribution in [-0.2, 0) is 4.79 Å². The van der Waals surface area contributed by atoms with Crippen molar-refractivity contribution in [2.45, 2.75) is 45.0 Å². The summed E-state index contributed by atoms with van der Waals surface area (Å²) in [4.78, 5) is 27.3. The Morgan fingerprint density at radius 1 is 1.37 bits per heavy atom. The van der Waals surface area contributed by atoms with Gasteiger partial charge in [-0.15, -0.1) is 0 Å². The van der Waals surface area contributed by atoms with Crippen molar-refractivity contribution in [1.29, 1.82) is 0 Å². The Balaban J connectivity index is 1.81. The highest BCUT2D eigenvalue weighted by Gasteiger charge is 2.49. The van der Waals surface area contributed by atoms with Crippen molar-refractivity contribution >= 4 is 22.6 Å². The molecule has 1 aliphatic rings. The lowest BCUT2D eigenvalue weighted by Crippen LogP contribution is -2.37. The Bertz CT molecular complexity index is 962. The van der Waals surface area contributed by atoms with E-state index >= 15 is 0 Å². The molecule has 1 fully saturated rings. The molecule has 1 aliphatic heterocycles. The fraction of sp³-hybridized carbons (Fsp3) is 0.450. The van der Waals surface area contributed by atoms with Crippen LogP contribution in [0.2, 0.25) is 0 Å². The number of benzene rings is 1. The molecule has 0 saturated carbocycles. The van der Waals surface area contributed by atoms with Crippen molar-refractivity contribution in [2.24, 2.45) is 11.7 Å². The maximum absolute atomic E-state index is 13.1. The molecule has 2 amide bonds. The minimum absolute atomic E-state index is 0.0251. The summed E-state index contributed by atoms with van der Waals surface area (Å²) in [6, 6.07) is 3.74. The van der Waals surface area contributed by atoms with Gasteiger partial charge >= 0.3 is 6.18 Å². The summed E-state index contributed by atoms with van der Waals surface area (Å²) in [7, 11) is 0. The molecule has 0 radical (unpaired) electrons. The lowest BCUT2D eigenvalue weighted by Gasteiger charge is -2.21. The molecular formula is C20H22F3N3O4. The Morgan fingerprint density at radius 2 is 2.10 bits per heavy atom. The van der Waals surface area contributed by atoms with Crippen LogP contribution in [-0.4, -0.2) is 41.7 Å². The number of amides is 2. The van der Waals surface area contributed by atoms with Crippen LogP contribution in [0.15, 0.2) is 24.4 Å². The van der Waals surface area contributed by atoms with Crippen molar-refractivity contribution in [3.8, 4) is 11.6 Å². The van der Waals surface area contributed by atoms with Crippen molar-refractivity contribution in [2.75, 3.05) is 6.61 Å². The molecule has 0 bridgehead atoms. The number of nitrogens with one attached hydrogen (secondary N) is 1. The molecule has 2 heterocycles. The van der Waals surface area contributed by atoms with E-state index < -0.39 is 36.4 Å². The van der Waals surface area contributed by atoms with Gasteiger partial charge in [0.25, 0.3) is 5.91 Å². The van der Waals surface area contributed by atoms with E-state index in [4.69, 9.17) is 15.2 Å². The molecule has 0 unspecified atom stereocenters. The van der Waals surface area contributed by atoms with Gasteiger partial charge in [-0.3, -0.25) is 9.59 Å². The normalized spacial score (nSPS) is 19.2. The maximum atomic E-state index is 13.1. The fourth-order valence-corrected chi connectivity index (χ4v) is 3.44. The maximum Gasteiger partial charge on any atom is 0.394 e. The average Bonchev–Trinajstić information content (AvgIpc) is 3.02. The Kier molecular flexibility index (Phi) is 6.04. The van der Waals surface area contributed by atoms with Crippen LogP contribution < -0.4 is 20.5 Å². The van der Waals surface area contributed by atoms with E-state index in [9.17, 15) is 22.8 Å². The quantitative estimate of drug-likeness (QED) is 0.710. The molecule has 10 heteroatoms. The lowest BCUT2D eigenvalue weighted by molar-refractivity contribution is -0.177. The van der Waals surface area contributed by atoms with Crippen LogP contribution in [0.25, 0.3) is 10.8 Å². The highest BCUT2D eigenvalue weighted by Crippen LogP contribution is 2.36. The van der Waals surface area contributed by atoms with Crippen molar-refractivity contribution < 1.29 is 32.2 Å². The second-order valence-corrected chi connectivity index (χ2v) is 7.38. The first-order valence-corrected chi connectivity index (χ1v) is 9.44. The van der Waals surface area contributed by atoms with Gasteiger partial charge in [0.2, 0.25) is 11.8 Å². The van der Waals surface area contributed by atoms with Gasteiger partial charge in [-0.1, -0.05) is 0 Å². The van der Waals surface area contributed by atoms with Crippen LogP contribution in [0.5, 0.6) is 11.6 Å². The Hall–Kier alpha value is -3.04. The van der Waals surface area contributed by atoms with Gasteiger partial charge in [-0.2, -0.15) is 13.2 Å². The summed E-state index contributed by atoms with van der Waals surface area (Å²) >= 11 is 0.